The predicted octanol–water partition coefficient (Wildman–Crippen LogP) is 4.07. The molecule has 8 nitrogen and oxygen atoms in total. The van der Waals surface area contributed by atoms with E-state index in [9.17, 15) is 9.59 Å². The van der Waals surface area contributed by atoms with E-state index in [-0.39, 0.29) is 12.4 Å². The number of carbonyl (C=O) groups is 2. The average Bonchev–Trinajstić information content (AvgIpc) is 2.84. The molecule has 0 radical (unpaired) electrons. The highest BCUT2D eigenvalue weighted by molar-refractivity contribution is 5.92. The third-order valence-electron chi connectivity index (χ3n) is 4.81. The summed E-state index contributed by atoms with van der Waals surface area (Å²) in [6.07, 6.45) is 1.45. The van der Waals surface area contributed by atoms with Crippen LogP contribution < -0.4 is 24.4 Å². The molecule has 0 spiro atoms. The number of rotatable bonds is 9. The molecule has 0 aliphatic heterocycles. The van der Waals surface area contributed by atoms with E-state index in [2.05, 4.69) is 10.5 Å². The Bertz CT molecular complexity index is 1190. The second kappa shape index (κ2) is 11.5. The molecule has 0 fully saturated rings. The van der Waals surface area contributed by atoms with Crippen LogP contribution in [-0.4, -0.2) is 38.9 Å². The van der Waals surface area contributed by atoms with E-state index in [1.54, 1.807) is 49.6 Å². The van der Waals surface area contributed by atoms with Gasteiger partial charge in [0.25, 0.3) is 5.91 Å². The summed E-state index contributed by atoms with van der Waals surface area (Å²) in [4.78, 5) is 24.4. The standard InChI is InChI=1S/C26H26N2O6/c1-17-5-11-22(18(2)13-17)33-16-25(29)28-27-15-19-6-12-23(24(14-19)32-4)34-26(30)20-7-9-21(31-3)10-8-20/h5-15H,16H2,1-4H3,(H,28,29). The van der Waals surface area contributed by atoms with Crippen molar-refractivity contribution >= 4 is 18.1 Å². The maximum absolute atomic E-state index is 12.4. The highest BCUT2D eigenvalue weighted by Gasteiger charge is 2.13. The molecule has 0 unspecified atom stereocenters. The zero-order valence-corrected chi connectivity index (χ0v) is 19.5. The lowest BCUT2D eigenvalue weighted by molar-refractivity contribution is -0.123. The number of esters is 1. The van der Waals surface area contributed by atoms with Crippen LogP contribution in [0.5, 0.6) is 23.0 Å². The van der Waals surface area contributed by atoms with Crippen molar-refractivity contribution in [2.75, 3.05) is 20.8 Å². The molecule has 8 heteroatoms. The molecule has 0 bridgehead atoms. The largest absolute Gasteiger partial charge is 0.497 e. The molecule has 1 amide bonds. The Morgan fingerprint density at radius 2 is 1.62 bits per heavy atom. The molecular formula is C26H26N2O6. The smallest absolute Gasteiger partial charge is 0.343 e. The molecule has 34 heavy (non-hydrogen) atoms. The van der Waals surface area contributed by atoms with Crippen LogP contribution in [0.4, 0.5) is 0 Å². The Morgan fingerprint density at radius 3 is 2.29 bits per heavy atom. The maximum atomic E-state index is 12.4. The van der Waals surface area contributed by atoms with E-state index in [4.69, 9.17) is 18.9 Å². The molecule has 0 heterocycles. The summed E-state index contributed by atoms with van der Waals surface area (Å²) in [6, 6.07) is 17.2. The molecule has 0 atom stereocenters. The number of hydrogen-bond acceptors (Lipinski definition) is 7. The molecule has 0 aliphatic rings. The molecule has 3 rings (SSSR count). The molecule has 0 saturated heterocycles. The van der Waals surface area contributed by atoms with E-state index in [0.29, 0.717) is 28.4 Å². The van der Waals surface area contributed by atoms with E-state index < -0.39 is 11.9 Å². The van der Waals surface area contributed by atoms with Crippen molar-refractivity contribution in [3.05, 3.63) is 82.9 Å². The van der Waals surface area contributed by atoms with Crippen molar-refractivity contribution in [2.45, 2.75) is 13.8 Å². The number of benzene rings is 3. The molecule has 3 aromatic carbocycles. The van der Waals surface area contributed by atoms with Crippen molar-refractivity contribution in [3.63, 3.8) is 0 Å². The van der Waals surface area contributed by atoms with Gasteiger partial charge in [-0.3, -0.25) is 4.79 Å². The van der Waals surface area contributed by atoms with Gasteiger partial charge in [-0.25, -0.2) is 10.2 Å². The third kappa shape index (κ3) is 6.59. The summed E-state index contributed by atoms with van der Waals surface area (Å²) >= 11 is 0. The monoisotopic (exact) mass is 462 g/mol. The minimum atomic E-state index is -0.529. The van der Waals surface area contributed by atoms with Gasteiger partial charge in [0.05, 0.1) is 26.0 Å². The van der Waals surface area contributed by atoms with Gasteiger partial charge >= 0.3 is 5.97 Å². The number of amides is 1. The fraction of sp³-hybridized carbons (Fsp3) is 0.192. The van der Waals surface area contributed by atoms with Crippen molar-refractivity contribution in [1.82, 2.24) is 5.43 Å². The molecule has 176 valence electrons. The average molecular weight is 463 g/mol. The minimum absolute atomic E-state index is 0.162. The van der Waals surface area contributed by atoms with E-state index in [0.717, 1.165) is 11.1 Å². The van der Waals surface area contributed by atoms with E-state index in [1.165, 1.54) is 13.3 Å². The first-order chi connectivity index (χ1) is 16.4. The quantitative estimate of drug-likeness (QED) is 0.223. The Balaban J connectivity index is 1.56. The Morgan fingerprint density at radius 1 is 0.882 bits per heavy atom. The summed E-state index contributed by atoms with van der Waals surface area (Å²) < 4.78 is 21.4. The fourth-order valence-electron chi connectivity index (χ4n) is 3.05. The van der Waals surface area contributed by atoms with Crippen LogP contribution in [0.15, 0.2) is 65.8 Å². The first kappa shape index (κ1) is 24.3. The number of carbonyl (C=O) groups excluding carboxylic acids is 2. The van der Waals surface area contributed by atoms with Crippen LogP contribution in [-0.2, 0) is 4.79 Å². The number of hydrazone groups is 1. The van der Waals surface area contributed by atoms with Gasteiger partial charge in [-0.05, 0) is 73.5 Å². The second-order valence-corrected chi connectivity index (χ2v) is 7.38. The summed E-state index contributed by atoms with van der Waals surface area (Å²) in [5, 5.41) is 3.94. The van der Waals surface area contributed by atoms with Gasteiger partial charge in [0.15, 0.2) is 18.1 Å². The van der Waals surface area contributed by atoms with Crippen LogP contribution in [0.3, 0.4) is 0 Å². The Labute approximate surface area is 198 Å². The van der Waals surface area contributed by atoms with Crippen LogP contribution in [0.1, 0.15) is 27.0 Å². The van der Waals surface area contributed by atoms with Crippen LogP contribution >= 0.6 is 0 Å². The summed E-state index contributed by atoms with van der Waals surface area (Å²) in [5.74, 6) is 0.962. The zero-order chi connectivity index (χ0) is 24.5. The van der Waals surface area contributed by atoms with Crippen molar-refractivity contribution in [1.29, 1.82) is 0 Å². The maximum Gasteiger partial charge on any atom is 0.343 e. The summed E-state index contributed by atoms with van der Waals surface area (Å²) in [5.41, 5.74) is 5.50. The number of hydrogen-bond donors (Lipinski definition) is 1. The first-order valence-corrected chi connectivity index (χ1v) is 10.5. The molecule has 0 aliphatic carbocycles. The van der Waals surface area contributed by atoms with E-state index in [1.807, 2.05) is 32.0 Å². The van der Waals surface area contributed by atoms with Crippen molar-refractivity contribution in [3.8, 4) is 23.0 Å². The number of nitrogens with one attached hydrogen (secondary N) is 1. The lowest BCUT2D eigenvalue weighted by Crippen LogP contribution is -2.24. The van der Waals surface area contributed by atoms with E-state index >= 15 is 0 Å². The summed E-state index contributed by atoms with van der Waals surface area (Å²) in [7, 11) is 3.02. The lowest BCUT2D eigenvalue weighted by atomic mass is 10.1. The molecule has 0 saturated carbocycles. The van der Waals surface area contributed by atoms with Crippen LogP contribution in [0.2, 0.25) is 0 Å². The number of aryl methyl sites for hydroxylation is 2. The topological polar surface area (TPSA) is 95.5 Å². The molecule has 1 N–H and O–H groups in total. The van der Waals surface area contributed by atoms with Gasteiger partial charge in [0.1, 0.15) is 11.5 Å². The van der Waals surface area contributed by atoms with Crippen molar-refractivity contribution < 1.29 is 28.5 Å². The van der Waals surface area contributed by atoms with Gasteiger partial charge in [0, 0.05) is 0 Å². The first-order valence-electron chi connectivity index (χ1n) is 10.5. The van der Waals surface area contributed by atoms with Crippen molar-refractivity contribution in [2.24, 2.45) is 5.10 Å². The second-order valence-electron chi connectivity index (χ2n) is 7.38. The summed E-state index contributed by atoms with van der Waals surface area (Å²) in [6.45, 7) is 3.75. The van der Waals surface area contributed by atoms with Gasteiger partial charge < -0.3 is 18.9 Å². The Kier molecular flexibility index (Phi) is 8.23. The molecule has 3 aromatic rings. The highest BCUT2D eigenvalue weighted by Crippen LogP contribution is 2.28. The molecular weight excluding hydrogens is 436 g/mol. The minimum Gasteiger partial charge on any atom is -0.497 e. The lowest BCUT2D eigenvalue weighted by Gasteiger charge is -2.10. The number of nitrogens with zero attached hydrogens (tertiary/aromatic N) is 1. The zero-order valence-electron chi connectivity index (χ0n) is 19.5. The number of ether oxygens (including phenoxy) is 4. The highest BCUT2D eigenvalue weighted by atomic mass is 16.6. The SMILES string of the molecule is COc1ccc(C(=O)Oc2ccc(C=NNC(=O)COc3ccc(C)cc3C)cc2OC)cc1. The van der Waals surface area contributed by atoms with Gasteiger partial charge in [0.2, 0.25) is 0 Å². The van der Waals surface area contributed by atoms with Crippen LogP contribution in [0.25, 0.3) is 0 Å². The predicted molar refractivity (Wildman–Crippen MR) is 128 cm³/mol. The fourth-order valence-corrected chi connectivity index (χ4v) is 3.05. The third-order valence-corrected chi connectivity index (χ3v) is 4.81. The molecule has 0 aromatic heterocycles. The Hall–Kier alpha value is -4.33. The van der Waals surface area contributed by atoms with Gasteiger partial charge in [-0.2, -0.15) is 5.10 Å². The normalized spacial score (nSPS) is 10.6. The number of methoxy groups -OCH3 is 2. The van der Waals surface area contributed by atoms with Crippen LogP contribution in [0, 0.1) is 13.8 Å². The van der Waals surface area contributed by atoms with Gasteiger partial charge in [-0.1, -0.05) is 17.7 Å². The van der Waals surface area contributed by atoms with Gasteiger partial charge in [-0.15, -0.1) is 0 Å².